The molecule has 2 aromatic rings. The van der Waals surface area contributed by atoms with Crippen LogP contribution in [-0.4, -0.2) is 32.2 Å². The molecule has 0 atom stereocenters. The Hall–Kier alpha value is -2.37. The molecule has 0 aliphatic heterocycles. The summed E-state index contributed by atoms with van der Waals surface area (Å²) in [5.41, 5.74) is 0.949. The molecule has 2 N–H and O–H groups in total. The fraction of sp³-hybridized carbons (Fsp3) is 0.308. The highest BCUT2D eigenvalue weighted by Gasteiger charge is 2.13. The average Bonchev–Trinajstić information content (AvgIpc) is 2.87. The molecule has 2 heterocycles. The maximum atomic E-state index is 11.2. The standard InChI is InChI=1S/C13H16N4O2/c1-10-3-5-16-12(11(10)13(18)19)15-4-2-7-17-8-6-14-9-17/h3,5-6,8-9H,2,4,7H2,1H3,(H,15,16)(H,18,19). The molecule has 0 amide bonds. The maximum absolute atomic E-state index is 11.2. The molecule has 100 valence electrons. The number of aromatic carboxylic acids is 1. The van der Waals surface area contributed by atoms with Crippen LogP contribution in [-0.2, 0) is 6.54 Å². The summed E-state index contributed by atoms with van der Waals surface area (Å²) >= 11 is 0. The Morgan fingerprint density at radius 2 is 2.32 bits per heavy atom. The summed E-state index contributed by atoms with van der Waals surface area (Å²) in [6, 6.07) is 1.69. The van der Waals surface area contributed by atoms with Crippen LogP contribution in [0.3, 0.4) is 0 Å². The molecule has 0 aliphatic carbocycles. The Labute approximate surface area is 111 Å². The molecule has 0 unspecified atom stereocenters. The fourth-order valence-corrected chi connectivity index (χ4v) is 1.85. The Morgan fingerprint density at radius 3 is 3.00 bits per heavy atom. The second kappa shape index (κ2) is 5.99. The molecule has 0 aromatic carbocycles. The van der Waals surface area contributed by atoms with Crippen molar-refractivity contribution in [2.75, 3.05) is 11.9 Å². The van der Waals surface area contributed by atoms with Crippen molar-refractivity contribution in [1.82, 2.24) is 14.5 Å². The molecule has 19 heavy (non-hydrogen) atoms. The van der Waals surface area contributed by atoms with Crippen LogP contribution in [0.15, 0.2) is 31.0 Å². The molecule has 0 aliphatic rings. The van der Waals surface area contributed by atoms with Gasteiger partial charge in [-0.25, -0.2) is 14.8 Å². The number of carboxylic acids is 1. The quantitative estimate of drug-likeness (QED) is 0.774. The van der Waals surface area contributed by atoms with Crippen molar-refractivity contribution in [3.05, 3.63) is 42.1 Å². The lowest BCUT2D eigenvalue weighted by molar-refractivity contribution is 0.0697. The molecule has 6 nitrogen and oxygen atoms in total. The lowest BCUT2D eigenvalue weighted by Crippen LogP contribution is -2.12. The van der Waals surface area contributed by atoms with Gasteiger partial charge in [-0.1, -0.05) is 0 Å². The fourth-order valence-electron chi connectivity index (χ4n) is 1.85. The minimum atomic E-state index is -0.956. The number of rotatable bonds is 6. The first kappa shape index (κ1) is 13.1. The molecular weight excluding hydrogens is 244 g/mol. The number of hydrogen-bond acceptors (Lipinski definition) is 4. The number of aryl methyl sites for hydroxylation is 2. The van der Waals surface area contributed by atoms with Gasteiger partial charge >= 0.3 is 5.97 Å². The molecular formula is C13H16N4O2. The van der Waals surface area contributed by atoms with Crippen molar-refractivity contribution >= 4 is 11.8 Å². The minimum absolute atomic E-state index is 0.241. The first-order chi connectivity index (χ1) is 9.18. The van der Waals surface area contributed by atoms with Crippen molar-refractivity contribution in [1.29, 1.82) is 0 Å². The Balaban J connectivity index is 1.92. The van der Waals surface area contributed by atoms with E-state index in [-0.39, 0.29) is 5.56 Å². The SMILES string of the molecule is Cc1ccnc(NCCCn2ccnc2)c1C(=O)O. The number of nitrogens with zero attached hydrogens (tertiary/aromatic N) is 3. The lowest BCUT2D eigenvalue weighted by Gasteiger charge is -2.10. The summed E-state index contributed by atoms with van der Waals surface area (Å²) in [5, 5.41) is 12.2. The van der Waals surface area contributed by atoms with Gasteiger partial charge in [0.25, 0.3) is 0 Å². The molecule has 0 saturated heterocycles. The van der Waals surface area contributed by atoms with E-state index in [1.807, 2.05) is 10.8 Å². The Morgan fingerprint density at radius 1 is 1.47 bits per heavy atom. The van der Waals surface area contributed by atoms with Crippen molar-refractivity contribution in [2.45, 2.75) is 19.9 Å². The molecule has 0 spiro atoms. The van der Waals surface area contributed by atoms with Gasteiger partial charge < -0.3 is 15.0 Å². The summed E-state index contributed by atoms with van der Waals surface area (Å²) in [4.78, 5) is 19.2. The molecule has 2 rings (SSSR count). The summed E-state index contributed by atoms with van der Waals surface area (Å²) in [6.45, 7) is 3.26. The zero-order valence-electron chi connectivity index (χ0n) is 10.7. The number of carboxylic acid groups (broad SMARTS) is 1. The predicted molar refractivity (Wildman–Crippen MR) is 71.3 cm³/mol. The Bertz CT molecular complexity index is 552. The molecule has 0 fully saturated rings. The van der Waals surface area contributed by atoms with Gasteiger partial charge in [0.2, 0.25) is 0 Å². The summed E-state index contributed by atoms with van der Waals surface area (Å²) in [6.07, 6.45) is 7.87. The number of pyridine rings is 1. The van der Waals surface area contributed by atoms with E-state index in [0.717, 1.165) is 13.0 Å². The first-order valence-electron chi connectivity index (χ1n) is 6.07. The van der Waals surface area contributed by atoms with Crippen molar-refractivity contribution in [3.8, 4) is 0 Å². The largest absolute Gasteiger partial charge is 0.478 e. The van der Waals surface area contributed by atoms with Crippen LogP contribution in [0.1, 0.15) is 22.3 Å². The first-order valence-corrected chi connectivity index (χ1v) is 6.07. The van der Waals surface area contributed by atoms with Gasteiger partial charge in [0.15, 0.2) is 0 Å². The number of imidazole rings is 1. The minimum Gasteiger partial charge on any atom is -0.478 e. The van der Waals surface area contributed by atoms with Crippen LogP contribution in [0.4, 0.5) is 5.82 Å². The number of hydrogen-bond donors (Lipinski definition) is 2. The van der Waals surface area contributed by atoms with Crippen LogP contribution in [0.25, 0.3) is 0 Å². The second-order valence-corrected chi connectivity index (χ2v) is 4.24. The highest BCUT2D eigenvalue weighted by molar-refractivity contribution is 5.94. The van der Waals surface area contributed by atoms with E-state index in [1.54, 1.807) is 31.7 Å². The van der Waals surface area contributed by atoms with Gasteiger partial charge in [-0.05, 0) is 25.0 Å². The molecule has 0 bridgehead atoms. The van der Waals surface area contributed by atoms with E-state index in [0.29, 0.717) is 17.9 Å². The lowest BCUT2D eigenvalue weighted by atomic mass is 10.1. The van der Waals surface area contributed by atoms with Crippen LogP contribution in [0.2, 0.25) is 0 Å². The summed E-state index contributed by atoms with van der Waals surface area (Å²) < 4.78 is 1.98. The zero-order chi connectivity index (χ0) is 13.7. The normalized spacial score (nSPS) is 10.4. The monoisotopic (exact) mass is 260 g/mol. The third-order valence-electron chi connectivity index (χ3n) is 2.82. The van der Waals surface area contributed by atoms with E-state index in [9.17, 15) is 4.79 Å². The highest BCUT2D eigenvalue weighted by atomic mass is 16.4. The van der Waals surface area contributed by atoms with Gasteiger partial charge in [0.05, 0.1) is 6.33 Å². The smallest absolute Gasteiger partial charge is 0.339 e. The Kier molecular flexibility index (Phi) is 4.12. The van der Waals surface area contributed by atoms with Crippen LogP contribution in [0, 0.1) is 6.92 Å². The number of aromatic nitrogens is 3. The average molecular weight is 260 g/mol. The molecule has 0 saturated carbocycles. The van der Waals surface area contributed by atoms with Crippen molar-refractivity contribution in [2.24, 2.45) is 0 Å². The van der Waals surface area contributed by atoms with E-state index in [4.69, 9.17) is 5.11 Å². The second-order valence-electron chi connectivity index (χ2n) is 4.24. The highest BCUT2D eigenvalue weighted by Crippen LogP contribution is 2.16. The molecule has 2 aromatic heterocycles. The molecule has 6 heteroatoms. The maximum Gasteiger partial charge on any atom is 0.339 e. The van der Waals surface area contributed by atoms with Gasteiger partial charge in [-0.3, -0.25) is 0 Å². The van der Waals surface area contributed by atoms with Gasteiger partial charge in [0, 0.05) is 31.7 Å². The zero-order valence-corrected chi connectivity index (χ0v) is 10.7. The summed E-state index contributed by atoms with van der Waals surface area (Å²) in [5.74, 6) is -0.527. The number of nitrogens with one attached hydrogen (secondary N) is 1. The van der Waals surface area contributed by atoms with Crippen LogP contribution >= 0.6 is 0 Å². The topological polar surface area (TPSA) is 80.0 Å². The van der Waals surface area contributed by atoms with Crippen LogP contribution in [0.5, 0.6) is 0 Å². The van der Waals surface area contributed by atoms with E-state index in [2.05, 4.69) is 15.3 Å². The van der Waals surface area contributed by atoms with E-state index >= 15 is 0 Å². The number of carbonyl (C=O) groups is 1. The number of anilines is 1. The van der Waals surface area contributed by atoms with E-state index in [1.165, 1.54) is 0 Å². The predicted octanol–water partition coefficient (Wildman–Crippen LogP) is 1.79. The third kappa shape index (κ3) is 3.31. The van der Waals surface area contributed by atoms with Crippen LogP contribution < -0.4 is 5.32 Å². The van der Waals surface area contributed by atoms with E-state index < -0.39 is 5.97 Å². The van der Waals surface area contributed by atoms with Crippen molar-refractivity contribution in [3.63, 3.8) is 0 Å². The molecule has 0 radical (unpaired) electrons. The van der Waals surface area contributed by atoms with Gasteiger partial charge in [0.1, 0.15) is 11.4 Å². The van der Waals surface area contributed by atoms with Crippen molar-refractivity contribution < 1.29 is 9.90 Å². The van der Waals surface area contributed by atoms with Gasteiger partial charge in [-0.15, -0.1) is 0 Å². The van der Waals surface area contributed by atoms with Gasteiger partial charge in [-0.2, -0.15) is 0 Å². The third-order valence-corrected chi connectivity index (χ3v) is 2.82. The summed E-state index contributed by atoms with van der Waals surface area (Å²) in [7, 11) is 0.